The zero-order valence-electron chi connectivity index (χ0n) is 13.1. The Morgan fingerprint density at radius 2 is 1.91 bits per heavy atom. The van der Waals surface area contributed by atoms with Crippen molar-refractivity contribution in [2.24, 2.45) is 5.92 Å². The minimum Gasteiger partial charge on any atom is -0.494 e. The second kappa shape index (κ2) is 6.94. The highest BCUT2D eigenvalue weighted by Gasteiger charge is 2.34. The molecule has 2 saturated carbocycles. The van der Waals surface area contributed by atoms with Crippen LogP contribution in [-0.4, -0.2) is 40.6 Å². The standard InChI is InChI=1S/C16H24N4O2/c1-22-14-9-17-15(18-10-14)19-16(21)20(13-7-8-13)11-12-5-3-2-4-6-12/h9-10,12-13H,2-8,11H2,1H3,(H,17,18,19,21). The summed E-state index contributed by atoms with van der Waals surface area (Å²) in [5.74, 6) is 1.57. The number of urea groups is 1. The Kier molecular flexibility index (Phi) is 4.75. The van der Waals surface area contributed by atoms with Gasteiger partial charge >= 0.3 is 6.03 Å². The molecule has 3 rings (SSSR count). The molecule has 0 spiro atoms. The monoisotopic (exact) mass is 304 g/mol. The number of methoxy groups -OCH3 is 1. The molecule has 0 aliphatic heterocycles. The van der Waals surface area contributed by atoms with Crippen molar-refractivity contribution in [1.82, 2.24) is 14.9 Å². The largest absolute Gasteiger partial charge is 0.494 e. The highest BCUT2D eigenvalue weighted by Crippen LogP contribution is 2.31. The van der Waals surface area contributed by atoms with Gasteiger partial charge in [0.15, 0.2) is 5.75 Å². The number of nitrogens with zero attached hydrogens (tertiary/aromatic N) is 3. The van der Waals surface area contributed by atoms with Crippen molar-refractivity contribution in [2.45, 2.75) is 51.0 Å². The number of carbonyl (C=O) groups is 1. The molecule has 1 N–H and O–H groups in total. The summed E-state index contributed by atoms with van der Waals surface area (Å²) in [6, 6.07) is 0.332. The summed E-state index contributed by atoms with van der Waals surface area (Å²) >= 11 is 0. The van der Waals surface area contributed by atoms with Gasteiger partial charge in [-0.25, -0.2) is 14.8 Å². The number of carbonyl (C=O) groups excluding carboxylic acids is 1. The zero-order valence-corrected chi connectivity index (χ0v) is 13.1. The van der Waals surface area contributed by atoms with Gasteiger partial charge in [-0.05, 0) is 31.6 Å². The van der Waals surface area contributed by atoms with Crippen LogP contribution in [-0.2, 0) is 0 Å². The van der Waals surface area contributed by atoms with Gasteiger partial charge in [-0.15, -0.1) is 0 Å². The van der Waals surface area contributed by atoms with Crippen LogP contribution in [0.1, 0.15) is 44.9 Å². The van der Waals surface area contributed by atoms with Crippen molar-refractivity contribution in [3.05, 3.63) is 12.4 Å². The first-order chi connectivity index (χ1) is 10.8. The maximum absolute atomic E-state index is 12.5. The third-order valence-electron chi connectivity index (χ3n) is 4.51. The van der Waals surface area contributed by atoms with E-state index in [1.807, 2.05) is 4.90 Å². The number of anilines is 1. The lowest BCUT2D eigenvalue weighted by Gasteiger charge is -2.29. The van der Waals surface area contributed by atoms with Crippen LogP contribution in [0, 0.1) is 5.92 Å². The summed E-state index contributed by atoms with van der Waals surface area (Å²) in [4.78, 5) is 22.7. The van der Waals surface area contributed by atoms with Gasteiger partial charge in [0, 0.05) is 12.6 Å². The quantitative estimate of drug-likeness (QED) is 0.908. The molecule has 0 aromatic carbocycles. The van der Waals surface area contributed by atoms with E-state index in [0.29, 0.717) is 23.7 Å². The van der Waals surface area contributed by atoms with Crippen LogP contribution in [0.25, 0.3) is 0 Å². The SMILES string of the molecule is COc1cnc(NC(=O)N(CC2CCCCC2)C2CC2)nc1. The minimum absolute atomic E-state index is 0.0711. The Balaban J connectivity index is 1.59. The molecule has 0 saturated heterocycles. The van der Waals surface area contributed by atoms with Crippen LogP contribution in [0.15, 0.2) is 12.4 Å². The van der Waals surface area contributed by atoms with E-state index < -0.39 is 0 Å². The maximum Gasteiger partial charge on any atom is 0.324 e. The van der Waals surface area contributed by atoms with Crippen molar-refractivity contribution in [3.8, 4) is 5.75 Å². The number of nitrogens with one attached hydrogen (secondary N) is 1. The molecule has 0 atom stereocenters. The average molecular weight is 304 g/mol. The Morgan fingerprint density at radius 3 is 2.50 bits per heavy atom. The molecular formula is C16H24N4O2. The van der Waals surface area contributed by atoms with E-state index >= 15 is 0 Å². The smallest absolute Gasteiger partial charge is 0.324 e. The molecule has 1 aromatic heterocycles. The molecule has 120 valence electrons. The summed E-state index contributed by atoms with van der Waals surface area (Å²) < 4.78 is 5.02. The fraction of sp³-hybridized carbons (Fsp3) is 0.688. The van der Waals surface area contributed by atoms with E-state index in [1.165, 1.54) is 32.1 Å². The highest BCUT2D eigenvalue weighted by molar-refractivity contribution is 5.87. The van der Waals surface area contributed by atoms with Crippen LogP contribution in [0.4, 0.5) is 10.7 Å². The molecule has 2 aliphatic rings. The van der Waals surface area contributed by atoms with Crippen LogP contribution in [0.2, 0.25) is 0 Å². The molecule has 1 aromatic rings. The lowest BCUT2D eigenvalue weighted by atomic mass is 9.89. The summed E-state index contributed by atoms with van der Waals surface area (Å²) in [7, 11) is 1.57. The predicted octanol–water partition coefficient (Wildman–Crippen LogP) is 3.06. The molecular weight excluding hydrogens is 280 g/mol. The molecule has 0 unspecified atom stereocenters. The molecule has 6 heteroatoms. The second-order valence-electron chi connectivity index (χ2n) is 6.26. The minimum atomic E-state index is -0.0711. The maximum atomic E-state index is 12.5. The van der Waals surface area contributed by atoms with Crippen molar-refractivity contribution in [2.75, 3.05) is 19.0 Å². The van der Waals surface area contributed by atoms with Gasteiger partial charge in [0.25, 0.3) is 0 Å². The van der Waals surface area contributed by atoms with E-state index in [9.17, 15) is 4.79 Å². The summed E-state index contributed by atoms with van der Waals surface area (Å²) in [6.45, 7) is 0.868. The third-order valence-corrected chi connectivity index (χ3v) is 4.51. The first-order valence-electron chi connectivity index (χ1n) is 8.20. The van der Waals surface area contributed by atoms with Gasteiger partial charge in [-0.1, -0.05) is 19.3 Å². The van der Waals surface area contributed by atoms with Gasteiger partial charge in [0.2, 0.25) is 5.95 Å². The summed E-state index contributed by atoms with van der Waals surface area (Å²) in [5.41, 5.74) is 0. The molecule has 6 nitrogen and oxygen atoms in total. The van der Waals surface area contributed by atoms with E-state index in [0.717, 1.165) is 19.4 Å². The number of amides is 2. The molecule has 0 radical (unpaired) electrons. The Bertz CT molecular complexity index is 495. The lowest BCUT2D eigenvalue weighted by molar-refractivity contribution is 0.186. The van der Waals surface area contributed by atoms with Crippen LogP contribution >= 0.6 is 0 Å². The number of rotatable bonds is 5. The van der Waals surface area contributed by atoms with E-state index in [1.54, 1.807) is 19.5 Å². The Hall–Kier alpha value is -1.85. The normalized spacial score (nSPS) is 18.8. The first kappa shape index (κ1) is 15.1. The van der Waals surface area contributed by atoms with Gasteiger partial charge < -0.3 is 9.64 Å². The number of hydrogen-bond acceptors (Lipinski definition) is 4. The van der Waals surface area contributed by atoms with Gasteiger partial charge in [0.05, 0.1) is 19.5 Å². The van der Waals surface area contributed by atoms with Gasteiger partial charge in [-0.3, -0.25) is 5.32 Å². The average Bonchev–Trinajstić information content (AvgIpc) is 3.39. The number of hydrogen-bond donors (Lipinski definition) is 1. The van der Waals surface area contributed by atoms with E-state index in [2.05, 4.69) is 15.3 Å². The molecule has 0 bridgehead atoms. The first-order valence-corrected chi connectivity index (χ1v) is 8.20. The molecule has 22 heavy (non-hydrogen) atoms. The molecule has 2 fully saturated rings. The Morgan fingerprint density at radius 1 is 1.23 bits per heavy atom. The van der Waals surface area contributed by atoms with E-state index in [-0.39, 0.29) is 6.03 Å². The van der Waals surface area contributed by atoms with Crippen molar-refractivity contribution < 1.29 is 9.53 Å². The molecule has 2 aliphatic carbocycles. The fourth-order valence-corrected chi connectivity index (χ4v) is 3.09. The van der Waals surface area contributed by atoms with Crippen molar-refractivity contribution in [1.29, 1.82) is 0 Å². The van der Waals surface area contributed by atoms with E-state index in [4.69, 9.17) is 4.74 Å². The predicted molar refractivity (Wildman–Crippen MR) is 83.9 cm³/mol. The lowest BCUT2D eigenvalue weighted by Crippen LogP contribution is -2.40. The van der Waals surface area contributed by atoms with Gasteiger partial charge in [0.1, 0.15) is 0 Å². The second-order valence-corrected chi connectivity index (χ2v) is 6.26. The van der Waals surface area contributed by atoms with Crippen molar-refractivity contribution in [3.63, 3.8) is 0 Å². The summed E-state index contributed by atoms with van der Waals surface area (Å²) in [6.07, 6.45) is 11.8. The highest BCUT2D eigenvalue weighted by atomic mass is 16.5. The van der Waals surface area contributed by atoms with Crippen molar-refractivity contribution >= 4 is 12.0 Å². The third kappa shape index (κ3) is 3.87. The van der Waals surface area contributed by atoms with Gasteiger partial charge in [-0.2, -0.15) is 0 Å². The van der Waals surface area contributed by atoms with Crippen LogP contribution in [0.5, 0.6) is 5.75 Å². The molecule has 2 amide bonds. The summed E-state index contributed by atoms with van der Waals surface area (Å²) in [5, 5.41) is 2.81. The number of aromatic nitrogens is 2. The fourth-order valence-electron chi connectivity index (χ4n) is 3.09. The Labute approximate surface area is 131 Å². The van der Waals surface area contributed by atoms with Crippen LogP contribution in [0.3, 0.4) is 0 Å². The van der Waals surface area contributed by atoms with Crippen LogP contribution < -0.4 is 10.1 Å². The zero-order chi connectivity index (χ0) is 15.4. The topological polar surface area (TPSA) is 67.3 Å². The molecule has 1 heterocycles. The number of ether oxygens (including phenoxy) is 1.